The first-order valence-electron chi connectivity index (χ1n) is 6.37. The van der Waals surface area contributed by atoms with Gasteiger partial charge in [0.1, 0.15) is 0 Å². The van der Waals surface area contributed by atoms with Crippen LogP contribution in [0.1, 0.15) is 11.7 Å². The third kappa shape index (κ3) is 2.27. The van der Waals surface area contributed by atoms with Crippen LogP contribution in [0.3, 0.4) is 0 Å². The molecule has 0 bridgehead atoms. The van der Waals surface area contributed by atoms with Crippen LogP contribution in [-0.4, -0.2) is 25.2 Å². The van der Waals surface area contributed by atoms with Crippen molar-refractivity contribution in [2.75, 3.05) is 0 Å². The van der Waals surface area contributed by atoms with Gasteiger partial charge in [-0.1, -0.05) is 30.3 Å². The van der Waals surface area contributed by atoms with Crippen LogP contribution < -0.4 is 5.56 Å². The Morgan fingerprint density at radius 2 is 1.71 bits per heavy atom. The van der Waals surface area contributed by atoms with Crippen molar-refractivity contribution in [3.63, 3.8) is 0 Å². The first-order chi connectivity index (χ1) is 10.2. The molecule has 2 aromatic heterocycles. The van der Waals surface area contributed by atoms with E-state index in [0.717, 1.165) is 5.56 Å². The summed E-state index contributed by atoms with van der Waals surface area (Å²) >= 11 is 0. The summed E-state index contributed by atoms with van der Waals surface area (Å²) in [5, 5.41) is 0. The van der Waals surface area contributed by atoms with Gasteiger partial charge in [0.05, 0.1) is 5.56 Å². The third-order valence-electron chi connectivity index (χ3n) is 3.04. The maximum absolute atomic E-state index is 12.6. The molecule has 0 saturated carbocycles. The maximum Gasteiger partial charge on any atom is 0.282 e. The predicted molar refractivity (Wildman–Crippen MR) is 77.4 cm³/mol. The second kappa shape index (κ2) is 5.16. The fraction of sp³-hybridized carbons (Fsp3) is 0.0667. The zero-order valence-corrected chi connectivity index (χ0v) is 11.3. The second-order valence-electron chi connectivity index (χ2n) is 4.44. The fourth-order valence-electron chi connectivity index (χ4n) is 2.08. The molecule has 1 aromatic carbocycles. The van der Waals surface area contributed by atoms with E-state index >= 15 is 0 Å². The Labute approximate surface area is 120 Å². The molecule has 0 unspecified atom stereocenters. The molecule has 104 valence electrons. The number of aromatic nitrogens is 4. The first-order valence-corrected chi connectivity index (χ1v) is 6.37. The molecular weight excluding hydrogens is 268 g/mol. The molecule has 0 fully saturated rings. The van der Waals surface area contributed by atoms with Gasteiger partial charge in [-0.15, -0.1) is 0 Å². The smallest absolute Gasteiger partial charge is 0.273 e. The van der Waals surface area contributed by atoms with Crippen LogP contribution in [-0.2, 0) is 0 Å². The van der Waals surface area contributed by atoms with Crippen LogP contribution in [0.5, 0.6) is 0 Å². The van der Waals surface area contributed by atoms with E-state index < -0.39 is 0 Å². The van der Waals surface area contributed by atoms with E-state index in [0.29, 0.717) is 5.56 Å². The van der Waals surface area contributed by atoms with E-state index in [-0.39, 0.29) is 17.4 Å². The van der Waals surface area contributed by atoms with Gasteiger partial charge in [0.15, 0.2) is 0 Å². The molecule has 3 aromatic rings. The van der Waals surface area contributed by atoms with E-state index in [2.05, 4.69) is 9.97 Å². The highest BCUT2D eigenvalue weighted by molar-refractivity contribution is 5.77. The Hall–Kier alpha value is -3.02. The number of hydrogen-bond donors (Lipinski definition) is 0. The van der Waals surface area contributed by atoms with E-state index in [1.165, 1.54) is 34.9 Å². The molecule has 0 aliphatic rings. The van der Waals surface area contributed by atoms with Crippen molar-refractivity contribution in [3.8, 4) is 17.1 Å². The third-order valence-corrected chi connectivity index (χ3v) is 3.04. The number of benzene rings is 1. The molecule has 0 aliphatic carbocycles. The molecule has 21 heavy (non-hydrogen) atoms. The van der Waals surface area contributed by atoms with Gasteiger partial charge in [0.2, 0.25) is 5.91 Å². The zero-order valence-electron chi connectivity index (χ0n) is 11.3. The van der Waals surface area contributed by atoms with Crippen molar-refractivity contribution in [3.05, 3.63) is 65.3 Å². The van der Waals surface area contributed by atoms with Crippen molar-refractivity contribution in [2.24, 2.45) is 0 Å². The molecule has 2 heterocycles. The lowest BCUT2D eigenvalue weighted by atomic mass is 10.1. The lowest BCUT2D eigenvalue weighted by Gasteiger charge is -2.04. The minimum atomic E-state index is -0.331. The van der Waals surface area contributed by atoms with Crippen molar-refractivity contribution in [1.29, 1.82) is 0 Å². The summed E-state index contributed by atoms with van der Waals surface area (Å²) in [6.07, 6.45) is 4.55. The van der Waals surface area contributed by atoms with Crippen LogP contribution in [0, 0.1) is 0 Å². The number of rotatable bonds is 2. The largest absolute Gasteiger partial charge is 0.282 e. The highest BCUT2D eigenvalue weighted by Gasteiger charge is 2.17. The molecule has 0 atom stereocenters. The van der Waals surface area contributed by atoms with Gasteiger partial charge < -0.3 is 0 Å². The molecule has 0 aliphatic heterocycles. The Balaban J connectivity index is 2.28. The normalized spacial score (nSPS) is 10.5. The lowest BCUT2D eigenvalue weighted by molar-refractivity contribution is 0.0910. The van der Waals surface area contributed by atoms with Gasteiger partial charge in [-0.05, 0) is 11.6 Å². The molecule has 6 nitrogen and oxygen atoms in total. The number of hydrogen-bond acceptors (Lipinski definition) is 4. The Kier molecular flexibility index (Phi) is 3.19. The maximum atomic E-state index is 12.6. The van der Waals surface area contributed by atoms with E-state index in [1.54, 1.807) is 6.07 Å². The average molecular weight is 280 g/mol. The van der Waals surface area contributed by atoms with Crippen molar-refractivity contribution < 1.29 is 4.79 Å². The summed E-state index contributed by atoms with van der Waals surface area (Å²) in [5.74, 6) is -0.124. The molecule has 0 saturated heterocycles. The van der Waals surface area contributed by atoms with Crippen LogP contribution in [0.2, 0.25) is 0 Å². The summed E-state index contributed by atoms with van der Waals surface area (Å²) in [4.78, 5) is 32.5. The highest BCUT2D eigenvalue weighted by Crippen LogP contribution is 2.16. The molecule has 6 heteroatoms. The zero-order chi connectivity index (χ0) is 14.8. The summed E-state index contributed by atoms with van der Waals surface area (Å²) < 4.78 is 2.39. The van der Waals surface area contributed by atoms with Crippen molar-refractivity contribution in [1.82, 2.24) is 19.3 Å². The number of nitrogens with zero attached hydrogens (tertiary/aromatic N) is 4. The van der Waals surface area contributed by atoms with E-state index in [1.807, 2.05) is 30.3 Å². The van der Waals surface area contributed by atoms with Gasteiger partial charge in [-0.3, -0.25) is 9.59 Å². The topological polar surface area (TPSA) is 69.8 Å². The molecule has 0 radical (unpaired) electrons. The number of carbonyl (C=O) groups is 1. The Bertz CT molecular complexity index is 835. The van der Waals surface area contributed by atoms with Gasteiger partial charge in [-0.25, -0.2) is 14.6 Å². The van der Waals surface area contributed by atoms with E-state index in [9.17, 15) is 9.59 Å². The molecular formula is C15H12N4O2. The van der Waals surface area contributed by atoms with Gasteiger partial charge in [0, 0.05) is 25.5 Å². The number of carbonyl (C=O) groups excluding carboxylic acids is 1. The minimum Gasteiger partial charge on any atom is -0.273 e. The van der Waals surface area contributed by atoms with Gasteiger partial charge in [-0.2, -0.15) is 4.68 Å². The van der Waals surface area contributed by atoms with E-state index in [4.69, 9.17) is 0 Å². The summed E-state index contributed by atoms with van der Waals surface area (Å²) in [6.45, 7) is 1.38. The molecule has 0 amide bonds. The molecule has 3 rings (SSSR count). The average Bonchev–Trinajstić information content (AvgIpc) is 2.87. The first kappa shape index (κ1) is 13.0. The van der Waals surface area contributed by atoms with Gasteiger partial charge in [0.25, 0.3) is 11.5 Å². The van der Waals surface area contributed by atoms with Crippen LogP contribution >= 0.6 is 0 Å². The lowest BCUT2D eigenvalue weighted by Crippen LogP contribution is -2.26. The monoisotopic (exact) mass is 280 g/mol. The quantitative estimate of drug-likeness (QED) is 0.717. The summed E-state index contributed by atoms with van der Waals surface area (Å²) in [5.41, 5.74) is 0.841. The van der Waals surface area contributed by atoms with Crippen LogP contribution in [0.25, 0.3) is 17.1 Å². The second-order valence-corrected chi connectivity index (χ2v) is 4.44. The predicted octanol–water partition coefficient (Wildman–Crippen LogP) is 1.76. The summed E-state index contributed by atoms with van der Waals surface area (Å²) in [6, 6.07) is 10.8. The molecule has 0 N–H and O–H groups in total. The van der Waals surface area contributed by atoms with Crippen molar-refractivity contribution >= 4 is 5.91 Å². The van der Waals surface area contributed by atoms with Gasteiger partial charge >= 0.3 is 0 Å². The minimum absolute atomic E-state index is 0.167. The summed E-state index contributed by atoms with van der Waals surface area (Å²) in [7, 11) is 0. The Morgan fingerprint density at radius 1 is 1.05 bits per heavy atom. The SMILES string of the molecule is CC(=O)n1cc(-c2ccccc2)c(=O)n1-c1ncccn1. The Morgan fingerprint density at radius 3 is 2.33 bits per heavy atom. The van der Waals surface area contributed by atoms with Crippen LogP contribution in [0.4, 0.5) is 0 Å². The molecule has 0 spiro atoms. The van der Waals surface area contributed by atoms with Crippen molar-refractivity contribution in [2.45, 2.75) is 6.92 Å². The highest BCUT2D eigenvalue weighted by atomic mass is 16.2. The standard InChI is InChI=1S/C15H12N4O2/c1-11(20)18-10-13(12-6-3-2-4-7-12)14(21)19(18)15-16-8-5-9-17-15/h2-10H,1H3. The van der Waals surface area contributed by atoms with Crippen LogP contribution in [0.15, 0.2) is 59.8 Å². The fourth-order valence-corrected chi connectivity index (χ4v) is 2.08.